The van der Waals surface area contributed by atoms with E-state index in [0.29, 0.717) is 25.3 Å². The summed E-state index contributed by atoms with van der Waals surface area (Å²) in [5.41, 5.74) is 1.23. The van der Waals surface area contributed by atoms with E-state index in [1.165, 1.54) is 0 Å². The molecule has 1 aromatic carbocycles. The first-order valence-electron chi connectivity index (χ1n) is 10.9. The van der Waals surface area contributed by atoms with Crippen LogP contribution in [0.3, 0.4) is 0 Å². The summed E-state index contributed by atoms with van der Waals surface area (Å²) >= 11 is 0. The van der Waals surface area contributed by atoms with Gasteiger partial charge in [-0.3, -0.25) is 4.79 Å². The SMILES string of the molecule is CNC(=O)c1cccc(CNC2CCOCC2C2CCCN2C(=O)OC(C)(C)C)c1. The molecule has 30 heavy (non-hydrogen) atoms. The molecule has 0 aliphatic carbocycles. The molecule has 2 N–H and O–H groups in total. The van der Waals surface area contributed by atoms with Crippen LogP contribution in [0.2, 0.25) is 0 Å². The van der Waals surface area contributed by atoms with Gasteiger partial charge in [-0.1, -0.05) is 12.1 Å². The van der Waals surface area contributed by atoms with E-state index in [9.17, 15) is 9.59 Å². The van der Waals surface area contributed by atoms with Gasteiger partial charge in [0.15, 0.2) is 0 Å². The molecule has 0 saturated carbocycles. The fraction of sp³-hybridized carbons (Fsp3) is 0.652. The molecule has 3 rings (SSSR count). The molecule has 0 bridgehead atoms. The highest BCUT2D eigenvalue weighted by molar-refractivity contribution is 5.94. The van der Waals surface area contributed by atoms with Crippen LogP contribution >= 0.6 is 0 Å². The highest BCUT2D eigenvalue weighted by Gasteiger charge is 2.41. The normalized spacial score (nSPS) is 24.5. The average molecular weight is 418 g/mol. The number of likely N-dealkylation sites (tertiary alicyclic amines) is 1. The molecule has 2 aliphatic heterocycles. The lowest BCUT2D eigenvalue weighted by molar-refractivity contribution is -0.0168. The Kier molecular flexibility index (Phi) is 7.36. The number of carbonyl (C=O) groups is 2. The number of nitrogens with one attached hydrogen (secondary N) is 2. The lowest BCUT2D eigenvalue weighted by Crippen LogP contribution is -2.53. The Morgan fingerprint density at radius 2 is 2.07 bits per heavy atom. The van der Waals surface area contributed by atoms with Crippen LogP contribution in [0.15, 0.2) is 24.3 Å². The van der Waals surface area contributed by atoms with Gasteiger partial charge in [0.1, 0.15) is 5.60 Å². The fourth-order valence-corrected chi connectivity index (χ4v) is 4.39. The van der Waals surface area contributed by atoms with Crippen LogP contribution in [0.4, 0.5) is 4.79 Å². The first-order valence-corrected chi connectivity index (χ1v) is 10.9. The predicted octanol–water partition coefficient (Wildman–Crippen LogP) is 2.94. The summed E-state index contributed by atoms with van der Waals surface area (Å²) in [6, 6.07) is 8.03. The largest absolute Gasteiger partial charge is 0.444 e. The lowest BCUT2D eigenvalue weighted by atomic mass is 9.87. The van der Waals surface area contributed by atoms with Gasteiger partial charge in [0, 0.05) is 50.3 Å². The zero-order valence-electron chi connectivity index (χ0n) is 18.6. The van der Waals surface area contributed by atoms with Gasteiger partial charge in [-0.25, -0.2) is 4.79 Å². The van der Waals surface area contributed by atoms with E-state index in [1.807, 2.05) is 49.9 Å². The van der Waals surface area contributed by atoms with Gasteiger partial charge in [0.25, 0.3) is 5.91 Å². The quantitative estimate of drug-likeness (QED) is 0.770. The van der Waals surface area contributed by atoms with Crippen LogP contribution < -0.4 is 10.6 Å². The molecule has 2 amide bonds. The van der Waals surface area contributed by atoms with Crippen LogP contribution in [-0.4, -0.2) is 61.4 Å². The topological polar surface area (TPSA) is 79.9 Å². The highest BCUT2D eigenvalue weighted by Crippen LogP contribution is 2.31. The van der Waals surface area contributed by atoms with Crippen molar-refractivity contribution in [3.63, 3.8) is 0 Å². The van der Waals surface area contributed by atoms with Crippen LogP contribution in [-0.2, 0) is 16.0 Å². The number of amides is 2. The van der Waals surface area contributed by atoms with E-state index in [4.69, 9.17) is 9.47 Å². The molecule has 0 radical (unpaired) electrons. The Hall–Kier alpha value is -2.12. The Morgan fingerprint density at radius 3 is 2.80 bits per heavy atom. The molecule has 3 atom stereocenters. The van der Waals surface area contributed by atoms with Gasteiger partial charge in [0.2, 0.25) is 0 Å². The summed E-state index contributed by atoms with van der Waals surface area (Å²) in [6.45, 7) is 8.46. The Labute approximate surface area is 179 Å². The smallest absolute Gasteiger partial charge is 0.410 e. The molecule has 0 aromatic heterocycles. The third-order valence-electron chi connectivity index (χ3n) is 5.81. The molecule has 7 heteroatoms. The molecule has 7 nitrogen and oxygen atoms in total. The minimum Gasteiger partial charge on any atom is -0.444 e. The minimum absolute atomic E-state index is 0.0836. The van der Waals surface area contributed by atoms with Crippen LogP contribution in [0, 0.1) is 5.92 Å². The molecule has 2 heterocycles. The first-order chi connectivity index (χ1) is 14.3. The molecule has 166 valence electrons. The molecule has 0 spiro atoms. The van der Waals surface area contributed by atoms with E-state index in [1.54, 1.807) is 7.05 Å². The standard InChI is InChI=1S/C23H35N3O4/c1-23(2,3)30-22(28)26-11-6-9-20(26)18-15-29-12-10-19(18)25-14-16-7-5-8-17(13-16)21(27)24-4/h5,7-8,13,18-20,25H,6,9-12,14-15H2,1-4H3,(H,24,27). The van der Waals surface area contributed by atoms with Crippen LogP contribution in [0.25, 0.3) is 0 Å². The Balaban J connectivity index is 1.66. The third-order valence-corrected chi connectivity index (χ3v) is 5.81. The van der Waals surface area contributed by atoms with Crippen LogP contribution in [0.1, 0.15) is 56.0 Å². The van der Waals surface area contributed by atoms with E-state index in [-0.39, 0.29) is 30.0 Å². The maximum absolute atomic E-state index is 12.7. The molecule has 2 saturated heterocycles. The second kappa shape index (κ2) is 9.79. The minimum atomic E-state index is -0.499. The zero-order valence-corrected chi connectivity index (χ0v) is 18.6. The summed E-state index contributed by atoms with van der Waals surface area (Å²) < 4.78 is 11.4. The van der Waals surface area contributed by atoms with E-state index < -0.39 is 5.60 Å². The van der Waals surface area contributed by atoms with E-state index in [2.05, 4.69) is 10.6 Å². The second-order valence-corrected chi connectivity index (χ2v) is 9.18. The summed E-state index contributed by atoms with van der Waals surface area (Å²) in [4.78, 5) is 26.5. The van der Waals surface area contributed by atoms with Crippen molar-refractivity contribution < 1.29 is 19.1 Å². The monoisotopic (exact) mass is 417 g/mol. The highest BCUT2D eigenvalue weighted by atomic mass is 16.6. The van der Waals surface area contributed by atoms with Crippen molar-refractivity contribution in [2.24, 2.45) is 5.92 Å². The van der Waals surface area contributed by atoms with Gasteiger partial charge in [-0.2, -0.15) is 0 Å². The molecular formula is C23H35N3O4. The van der Waals surface area contributed by atoms with Gasteiger partial charge >= 0.3 is 6.09 Å². The van der Waals surface area contributed by atoms with E-state index in [0.717, 1.165) is 31.4 Å². The average Bonchev–Trinajstić information content (AvgIpc) is 3.21. The Bertz CT molecular complexity index is 746. The maximum atomic E-state index is 12.7. The zero-order chi connectivity index (χ0) is 21.7. The summed E-state index contributed by atoms with van der Waals surface area (Å²) in [7, 11) is 1.64. The number of hydrogen-bond acceptors (Lipinski definition) is 5. The number of carbonyl (C=O) groups excluding carboxylic acids is 2. The Morgan fingerprint density at radius 1 is 1.27 bits per heavy atom. The van der Waals surface area contributed by atoms with Crippen molar-refractivity contribution >= 4 is 12.0 Å². The van der Waals surface area contributed by atoms with Gasteiger partial charge < -0.3 is 25.0 Å². The number of ether oxygens (including phenoxy) is 2. The lowest BCUT2D eigenvalue weighted by Gasteiger charge is -2.40. The number of benzene rings is 1. The molecule has 3 unspecified atom stereocenters. The second-order valence-electron chi connectivity index (χ2n) is 9.18. The maximum Gasteiger partial charge on any atom is 0.410 e. The number of nitrogens with zero attached hydrogens (tertiary/aromatic N) is 1. The summed E-state index contributed by atoms with van der Waals surface area (Å²) in [5.74, 6) is 0.135. The van der Waals surface area contributed by atoms with Crippen molar-refractivity contribution in [2.75, 3.05) is 26.8 Å². The molecule has 2 fully saturated rings. The van der Waals surface area contributed by atoms with Crippen molar-refractivity contribution in [1.29, 1.82) is 0 Å². The van der Waals surface area contributed by atoms with Gasteiger partial charge in [0.05, 0.1) is 6.61 Å². The number of hydrogen-bond donors (Lipinski definition) is 2. The predicted molar refractivity (Wildman–Crippen MR) is 115 cm³/mol. The molecular weight excluding hydrogens is 382 g/mol. The van der Waals surface area contributed by atoms with Crippen molar-refractivity contribution in [1.82, 2.24) is 15.5 Å². The van der Waals surface area contributed by atoms with Crippen LogP contribution in [0.5, 0.6) is 0 Å². The van der Waals surface area contributed by atoms with Crippen molar-refractivity contribution in [2.45, 2.75) is 64.3 Å². The van der Waals surface area contributed by atoms with Gasteiger partial charge in [-0.15, -0.1) is 0 Å². The summed E-state index contributed by atoms with van der Waals surface area (Å²) in [5, 5.41) is 6.33. The molecule has 2 aliphatic rings. The van der Waals surface area contributed by atoms with Crippen molar-refractivity contribution in [3.05, 3.63) is 35.4 Å². The van der Waals surface area contributed by atoms with Gasteiger partial charge in [-0.05, 0) is 57.7 Å². The van der Waals surface area contributed by atoms with Crippen molar-refractivity contribution in [3.8, 4) is 0 Å². The third kappa shape index (κ3) is 5.73. The first kappa shape index (κ1) is 22.6. The molecule has 1 aromatic rings. The fourth-order valence-electron chi connectivity index (χ4n) is 4.39. The summed E-state index contributed by atoms with van der Waals surface area (Å²) in [6.07, 6.45) is 2.63. The van der Waals surface area contributed by atoms with E-state index >= 15 is 0 Å². The number of rotatable bonds is 5.